The molecule has 0 aromatic carbocycles. The van der Waals surface area contributed by atoms with Crippen LogP contribution in [0, 0.1) is 11.7 Å². The summed E-state index contributed by atoms with van der Waals surface area (Å²) < 4.78 is 17.7. The van der Waals surface area contributed by atoms with Gasteiger partial charge < -0.3 is 10.3 Å². The molecule has 0 aliphatic carbocycles. The summed E-state index contributed by atoms with van der Waals surface area (Å²) in [5.41, 5.74) is 6.33. The standard InChI is InChI=1S/C11H13FN4O/c1-6(2)9(13)11-15-10(16-17-11)8-4-3-7(12)5-14-8/h3-6,9H,13H2,1-2H3. The third-order valence-corrected chi connectivity index (χ3v) is 2.40. The zero-order valence-electron chi connectivity index (χ0n) is 9.59. The Morgan fingerprint density at radius 1 is 1.35 bits per heavy atom. The number of aromatic nitrogens is 3. The highest BCUT2D eigenvalue weighted by Crippen LogP contribution is 2.20. The van der Waals surface area contributed by atoms with Gasteiger partial charge in [0.05, 0.1) is 12.2 Å². The lowest BCUT2D eigenvalue weighted by molar-refractivity contribution is 0.325. The van der Waals surface area contributed by atoms with E-state index in [1.807, 2.05) is 13.8 Å². The van der Waals surface area contributed by atoms with E-state index in [1.165, 1.54) is 12.1 Å². The molecule has 1 atom stereocenters. The Morgan fingerprint density at radius 2 is 2.12 bits per heavy atom. The third-order valence-electron chi connectivity index (χ3n) is 2.40. The van der Waals surface area contributed by atoms with Crippen molar-refractivity contribution in [2.75, 3.05) is 0 Å². The van der Waals surface area contributed by atoms with Crippen molar-refractivity contribution in [2.24, 2.45) is 11.7 Å². The molecular weight excluding hydrogens is 223 g/mol. The lowest BCUT2D eigenvalue weighted by Gasteiger charge is -2.09. The van der Waals surface area contributed by atoms with Crippen LogP contribution in [0.4, 0.5) is 4.39 Å². The van der Waals surface area contributed by atoms with E-state index < -0.39 is 5.82 Å². The van der Waals surface area contributed by atoms with Crippen LogP contribution in [-0.2, 0) is 0 Å². The van der Waals surface area contributed by atoms with Gasteiger partial charge in [0.15, 0.2) is 0 Å². The Bertz CT molecular complexity index is 494. The molecular formula is C11H13FN4O. The number of halogens is 1. The summed E-state index contributed by atoms with van der Waals surface area (Å²) in [5, 5.41) is 3.77. The maximum absolute atomic E-state index is 12.7. The fourth-order valence-corrected chi connectivity index (χ4v) is 1.27. The molecule has 2 aromatic heterocycles. The zero-order chi connectivity index (χ0) is 12.4. The third kappa shape index (κ3) is 2.47. The second-order valence-electron chi connectivity index (χ2n) is 4.09. The Kier molecular flexibility index (Phi) is 3.14. The number of nitrogens with zero attached hydrogens (tertiary/aromatic N) is 3. The summed E-state index contributed by atoms with van der Waals surface area (Å²) in [6.07, 6.45) is 1.10. The highest BCUT2D eigenvalue weighted by atomic mass is 19.1. The van der Waals surface area contributed by atoms with Crippen molar-refractivity contribution in [2.45, 2.75) is 19.9 Å². The van der Waals surface area contributed by atoms with E-state index in [4.69, 9.17) is 10.3 Å². The van der Waals surface area contributed by atoms with Gasteiger partial charge in [-0.05, 0) is 18.1 Å². The van der Waals surface area contributed by atoms with Crippen molar-refractivity contribution in [1.82, 2.24) is 15.1 Å². The monoisotopic (exact) mass is 236 g/mol. The first-order chi connectivity index (χ1) is 8.08. The van der Waals surface area contributed by atoms with Crippen LogP contribution in [-0.4, -0.2) is 15.1 Å². The molecule has 2 heterocycles. The van der Waals surface area contributed by atoms with Gasteiger partial charge in [-0.25, -0.2) is 9.37 Å². The van der Waals surface area contributed by atoms with Crippen molar-refractivity contribution in [3.8, 4) is 11.5 Å². The van der Waals surface area contributed by atoms with Crippen molar-refractivity contribution in [3.63, 3.8) is 0 Å². The van der Waals surface area contributed by atoms with E-state index in [9.17, 15) is 4.39 Å². The Morgan fingerprint density at radius 3 is 2.71 bits per heavy atom. The molecule has 2 aromatic rings. The van der Waals surface area contributed by atoms with Crippen molar-refractivity contribution >= 4 is 0 Å². The molecule has 0 aliphatic rings. The first-order valence-electron chi connectivity index (χ1n) is 5.29. The second-order valence-corrected chi connectivity index (χ2v) is 4.09. The van der Waals surface area contributed by atoms with Crippen LogP contribution in [0.15, 0.2) is 22.9 Å². The van der Waals surface area contributed by atoms with Crippen LogP contribution in [0.3, 0.4) is 0 Å². The molecule has 17 heavy (non-hydrogen) atoms. The summed E-state index contributed by atoms with van der Waals surface area (Å²) in [5.74, 6) is 0.470. The average molecular weight is 236 g/mol. The Hall–Kier alpha value is -1.82. The molecule has 0 fully saturated rings. The van der Waals surface area contributed by atoms with Gasteiger partial charge >= 0.3 is 0 Å². The first kappa shape index (κ1) is 11.7. The predicted molar refractivity (Wildman–Crippen MR) is 59.3 cm³/mol. The van der Waals surface area contributed by atoms with Crippen molar-refractivity contribution in [3.05, 3.63) is 30.0 Å². The van der Waals surface area contributed by atoms with Gasteiger partial charge in [-0.2, -0.15) is 4.98 Å². The van der Waals surface area contributed by atoms with Gasteiger partial charge in [0, 0.05) is 0 Å². The van der Waals surface area contributed by atoms with E-state index >= 15 is 0 Å². The SMILES string of the molecule is CC(C)C(N)c1nc(-c2ccc(F)cn2)no1. The van der Waals surface area contributed by atoms with Crippen molar-refractivity contribution in [1.29, 1.82) is 0 Å². The van der Waals surface area contributed by atoms with Gasteiger partial charge in [-0.3, -0.25) is 0 Å². The van der Waals surface area contributed by atoms with Crippen LogP contribution >= 0.6 is 0 Å². The van der Waals surface area contributed by atoms with Crippen LogP contribution in [0.1, 0.15) is 25.8 Å². The minimum atomic E-state index is -0.406. The van der Waals surface area contributed by atoms with E-state index in [0.717, 1.165) is 6.20 Å². The molecule has 0 saturated heterocycles. The van der Waals surface area contributed by atoms with Crippen LogP contribution in [0.5, 0.6) is 0 Å². The van der Waals surface area contributed by atoms with Gasteiger partial charge in [0.1, 0.15) is 11.5 Å². The molecule has 0 aliphatic heterocycles. The lowest BCUT2D eigenvalue weighted by Crippen LogP contribution is -2.16. The van der Waals surface area contributed by atoms with E-state index in [0.29, 0.717) is 17.4 Å². The van der Waals surface area contributed by atoms with Crippen LogP contribution in [0.2, 0.25) is 0 Å². The molecule has 0 radical (unpaired) electrons. The normalized spacial score (nSPS) is 13.0. The fourth-order valence-electron chi connectivity index (χ4n) is 1.27. The molecule has 0 saturated carbocycles. The highest BCUT2D eigenvalue weighted by Gasteiger charge is 2.18. The highest BCUT2D eigenvalue weighted by molar-refractivity contribution is 5.47. The Balaban J connectivity index is 2.26. The zero-order valence-corrected chi connectivity index (χ0v) is 9.59. The van der Waals surface area contributed by atoms with E-state index in [-0.39, 0.29) is 12.0 Å². The summed E-state index contributed by atoms with van der Waals surface area (Å²) in [6.45, 7) is 3.93. The predicted octanol–water partition coefficient (Wildman–Crippen LogP) is 1.93. The molecule has 0 spiro atoms. The average Bonchev–Trinajstić information content (AvgIpc) is 2.78. The van der Waals surface area contributed by atoms with Gasteiger partial charge in [0.25, 0.3) is 0 Å². The lowest BCUT2D eigenvalue weighted by atomic mass is 10.1. The minimum absolute atomic E-state index is 0.199. The maximum atomic E-state index is 12.7. The maximum Gasteiger partial charge on any atom is 0.244 e. The first-order valence-corrected chi connectivity index (χ1v) is 5.29. The number of rotatable bonds is 3. The van der Waals surface area contributed by atoms with E-state index in [2.05, 4.69) is 15.1 Å². The molecule has 1 unspecified atom stereocenters. The molecule has 6 heteroatoms. The smallest absolute Gasteiger partial charge is 0.244 e. The summed E-state index contributed by atoms with van der Waals surface area (Å²) in [6, 6.07) is 2.47. The molecule has 2 rings (SSSR count). The van der Waals surface area contributed by atoms with Gasteiger partial charge in [0.2, 0.25) is 11.7 Å². The molecule has 2 N–H and O–H groups in total. The number of pyridine rings is 1. The number of hydrogen-bond donors (Lipinski definition) is 1. The number of hydrogen-bond acceptors (Lipinski definition) is 5. The topological polar surface area (TPSA) is 77.8 Å². The minimum Gasteiger partial charge on any atom is -0.337 e. The molecule has 0 bridgehead atoms. The summed E-state index contributed by atoms with van der Waals surface area (Å²) in [7, 11) is 0. The fraction of sp³-hybridized carbons (Fsp3) is 0.364. The van der Waals surface area contributed by atoms with Gasteiger partial charge in [-0.1, -0.05) is 19.0 Å². The quantitative estimate of drug-likeness (QED) is 0.880. The second kappa shape index (κ2) is 4.58. The van der Waals surface area contributed by atoms with Gasteiger partial charge in [-0.15, -0.1) is 0 Å². The molecule has 5 nitrogen and oxygen atoms in total. The number of nitrogens with two attached hydrogens (primary N) is 1. The Labute approximate surface area is 97.9 Å². The van der Waals surface area contributed by atoms with Crippen LogP contribution < -0.4 is 5.73 Å². The summed E-state index contributed by atoms with van der Waals surface area (Å²) >= 11 is 0. The largest absolute Gasteiger partial charge is 0.337 e. The summed E-state index contributed by atoms with van der Waals surface area (Å²) in [4.78, 5) is 8.01. The molecule has 90 valence electrons. The van der Waals surface area contributed by atoms with Crippen LogP contribution in [0.25, 0.3) is 11.5 Å². The van der Waals surface area contributed by atoms with Crippen molar-refractivity contribution < 1.29 is 8.91 Å². The molecule has 0 amide bonds. The van der Waals surface area contributed by atoms with E-state index in [1.54, 1.807) is 0 Å².